The zero-order valence-electron chi connectivity index (χ0n) is 10.3. The lowest BCUT2D eigenvalue weighted by Gasteiger charge is -2.08. The largest absolute Gasteiger partial charge is 0.460 e. The highest BCUT2D eigenvalue weighted by atomic mass is 16.6. The molecule has 0 unspecified atom stereocenters. The van der Waals surface area contributed by atoms with E-state index in [1.165, 1.54) is 0 Å². The Morgan fingerprint density at radius 2 is 2.37 bits per heavy atom. The van der Waals surface area contributed by atoms with Crippen molar-refractivity contribution in [1.82, 2.24) is 10.2 Å². The molecule has 0 radical (unpaired) electrons. The number of benzene rings is 1. The molecule has 6 nitrogen and oxygen atoms in total. The summed E-state index contributed by atoms with van der Waals surface area (Å²) in [6.45, 7) is 1.77. The van der Waals surface area contributed by atoms with E-state index in [1.54, 1.807) is 31.3 Å². The summed E-state index contributed by atoms with van der Waals surface area (Å²) in [5.41, 5.74) is 1.13. The molecule has 98 valence electrons. The lowest BCUT2D eigenvalue weighted by Crippen LogP contribution is -2.22. The second kappa shape index (κ2) is 4.38. The van der Waals surface area contributed by atoms with Gasteiger partial charge in [0.2, 0.25) is 6.10 Å². The highest BCUT2D eigenvalue weighted by molar-refractivity contribution is 5.95. The summed E-state index contributed by atoms with van der Waals surface area (Å²) in [7, 11) is 0. The van der Waals surface area contributed by atoms with Gasteiger partial charge in [-0.05, 0) is 19.1 Å². The first-order valence-electron chi connectivity index (χ1n) is 5.98. The number of fused-ring (bicyclic) bond motifs is 1. The lowest BCUT2D eigenvalue weighted by atomic mass is 10.1. The van der Waals surface area contributed by atoms with E-state index in [-0.39, 0.29) is 6.10 Å². The van der Waals surface area contributed by atoms with Crippen LogP contribution in [0.2, 0.25) is 0 Å². The topological polar surface area (TPSA) is 81.3 Å². The quantitative estimate of drug-likeness (QED) is 0.826. The first-order chi connectivity index (χ1) is 9.13. The predicted molar refractivity (Wildman–Crippen MR) is 65.5 cm³/mol. The second-order valence-electron chi connectivity index (χ2n) is 4.55. The van der Waals surface area contributed by atoms with E-state index in [9.17, 15) is 9.59 Å². The summed E-state index contributed by atoms with van der Waals surface area (Å²) in [5.74, 6) is -1.02. The number of hydrogen-bond acceptors (Lipinski definition) is 5. The smallest absolute Gasteiger partial charge is 0.347 e. The summed E-state index contributed by atoms with van der Waals surface area (Å²) in [5, 5.41) is 7.56. The number of rotatable bonds is 2. The molecule has 0 saturated carbocycles. The molecule has 2 atom stereocenters. The van der Waals surface area contributed by atoms with Crippen molar-refractivity contribution in [1.29, 1.82) is 0 Å². The van der Waals surface area contributed by atoms with E-state index in [4.69, 9.17) is 9.47 Å². The Balaban J connectivity index is 1.78. The van der Waals surface area contributed by atoms with Gasteiger partial charge in [-0.1, -0.05) is 6.07 Å². The van der Waals surface area contributed by atoms with Gasteiger partial charge in [0.05, 0.1) is 17.3 Å². The number of carbonyl (C=O) groups is 2. The number of nitrogens with zero attached hydrogens (tertiary/aromatic N) is 1. The zero-order valence-corrected chi connectivity index (χ0v) is 10.3. The molecule has 1 saturated heterocycles. The van der Waals surface area contributed by atoms with Gasteiger partial charge in [0.1, 0.15) is 6.10 Å². The Hall–Kier alpha value is -2.37. The van der Waals surface area contributed by atoms with Crippen molar-refractivity contribution in [3.8, 4) is 0 Å². The minimum atomic E-state index is -0.806. The molecule has 0 amide bonds. The highest BCUT2D eigenvalue weighted by Crippen LogP contribution is 2.20. The van der Waals surface area contributed by atoms with Crippen LogP contribution in [0.1, 0.15) is 23.7 Å². The first kappa shape index (κ1) is 11.7. The molecule has 2 heterocycles. The standard InChI is InChI=1S/C13H12N2O4/c1-7-4-11(13(17)18-7)19-12(16)8-2-3-9-6-14-15-10(9)5-8/h2-3,5-7,11H,4H2,1H3,(H,14,15)/t7-,11+/m1/s1. The fraction of sp³-hybridized carbons (Fsp3) is 0.308. The Morgan fingerprint density at radius 1 is 1.53 bits per heavy atom. The average Bonchev–Trinajstić information content (AvgIpc) is 2.95. The number of ether oxygens (including phenoxy) is 2. The molecule has 3 rings (SSSR count). The number of hydrogen-bond donors (Lipinski definition) is 1. The summed E-state index contributed by atoms with van der Waals surface area (Å²) >= 11 is 0. The number of cyclic esters (lactones) is 1. The summed E-state index contributed by atoms with van der Waals surface area (Å²) in [4.78, 5) is 23.4. The van der Waals surface area contributed by atoms with Crippen LogP contribution < -0.4 is 0 Å². The summed E-state index contributed by atoms with van der Waals surface area (Å²) < 4.78 is 10.1. The van der Waals surface area contributed by atoms with Gasteiger partial charge in [-0.15, -0.1) is 0 Å². The van der Waals surface area contributed by atoms with E-state index >= 15 is 0 Å². The number of esters is 2. The third kappa shape index (κ3) is 2.16. The van der Waals surface area contributed by atoms with E-state index < -0.39 is 18.0 Å². The molecular formula is C13H12N2O4. The average molecular weight is 260 g/mol. The van der Waals surface area contributed by atoms with Gasteiger partial charge < -0.3 is 9.47 Å². The molecule has 0 bridgehead atoms. The van der Waals surface area contributed by atoms with Gasteiger partial charge in [-0.3, -0.25) is 5.10 Å². The van der Waals surface area contributed by atoms with Gasteiger partial charge >= 0.3 is 11.9 Å². The maximum absolute atomic E-state index is 12.0. The first-order valence-corrected chi connectivity index (χ1v) is 5.98. The molecule has 1 N–H and O–H groups in total. The minimum absolute atomic E-state index is 0.208. The SMILES string of the molecule is C[C@@H]1C[C@H](OC(=O)c2ccc3cn[nH]c3c2)C(=O)O1. The third-order valence-electron chi connectivity index (χ3n) is 3.05. The number of H-pyrrole nitrogens is 1. The van der Waals surface area contributed by atoms with Crippen LogP contribution in [0.25, 0.3) is 10.9 Å². The monoisotopic (exact) mass is 260 g/mol. The van der Waals surface area contributed by atoms with E-state index in [2.05, 4.69) is 10.2 Å². The maximum Gasteiger partial charge on any atom is 0.347 e. The fourth-order valence-electron chi connectivity index (χ4n) is 2.08. The van der Waals surface area contributed by atoms with Gasteiger partial charge in [-0.2, -0.15) is 5.10 Å². The number of nitrogens with one attached hydrogen (secondary N) is 1. The number of aromatic nitrogens is 2. The van der Waals surface area contributed by atoms with Crippen LogP contribution in [0.3, 0.4) is 0 Å². The van der Waals surface area contributed by atoms with Crippen LogP contribution in [0, 0.1) is 0 Å². The molecule has 0 spiro atoms. The van der Waals surface area contributed by atoms with Gasteiger partial charge in [0, 0.05) is 11.8 Å². The van der Waals surface area contributed by atoms with E-state index in [1.807, 2.05) is 0 Å². The zero-order chi connectivity index (χ0) is 13.4. The van der Waals surface area contributed by atoms with Crippen LogP contribution in [0.5, 0.6) is 0 Å². The van der Waals surface area contributed by atoms with Crippen LogP contribution >= 0.6 is 0 Å². The van der Waals surface area contributed by atoms with Crippen molar-refractivity contribution in [2.45, 2.75) is 25.6 Å². The second-order valence-corrected chi connectivity index (χ2v) is 4.55. The van der Waals surface area contributed by atoms with Crippen molar-refractivity contribution >= 4 is 22.8 Å². The molecule has 1 fully saturated rings. The summed E-state index contributed by atoms with van der Waals surface area (Å²) in [6.07, 6.45) is 1.05. The molecule has 1 aliphatic rings. The molecular weight excluding hydrogens is 248 g/mol. The molecule has 2 aromatic rings. The minimum Gasteiger partial charge on any atom is -0.460 e. The number of carbonyl (C=O) groups excluding carboxylic acids is 2. The van der Waals surface area contributed by atoms with Gasteiger partial charge in [-0.25, -0.2) is 9.59 Å². The van der Waals surface area contributed by atoms with Crippen LogP contribution in [-0.2, 0) is 14.3 Å². The molecule has 1 aliphatic heterocycles. The van der Waals surface area contributed by atoms with Gasteiger partial charge in [0.25, 0.3) is 0 Å². The Bertz CT molecular complexity index is 649. The Labute approximate surface area is 108 Å². The van der Waals surface area contributed by atoms with Crippen LogP contribution in [0.15, 0.2) is 24.4 Å². The normalized spacial score (nSPS) is 22.5. The predicted octanol–water partition coefficient (Wildman–Crippen LogP) is 1.42. The highest BCUT2D eigenvalue weighted by Gasteiger charge is 2.35. The molecule has 19 heavy (non-hydrogen) atoms. The van der Waals surface area contributed by atoms with E-state index in [0.29, 0.717) is 12.0 Å². The number of aromatic amines is 1. The van der Waals surface area contributed by atoms with Gasteiger partial charge in [0.15, 0.2) is 0 Å². The Morgan fingerprint density at radius 3 is 3.11 bits per heavy atom. The molecule has 1 aromatic heterocycles. The molecule has 6 heteroatoms. The fourth-order valence-corrected chi connectivity index (χ4v) is 2.08. The van der Waals surface area contributed by atoms with E-state index in [0.717, 1.165) is 10.9 Å². The maximum atomic E-state index is 12.0. The summed E-state index contributed by atoms with van der Waals surface area (Å²) in [6, 6.07) is 5.06. The molecule has 0 aliphatic carbocycles. The lowest BCUT2D eigenvalue weighted by molar-refractivity contribution is -0.147. The van der Waals surface area contributed by atoms with Crippen molar-refractivity contribution in [2.24, 2.45) is 0 Å². The molecule has 1 aromatic carbocycles. The van der Waals surface area contributed by atoms with Crippen molar-refractivity contribution in [3.63, 3.8) is 0 Å². The van der Waals surface area contributed by atoms with Crippen LogP contribution in [0.4, 0.5) is 0 Å². The van der Waals surface area contributed by atoms with Crippen LogP contribution in [-0.4, -0.2) is 34.3 Å². The van der Waals surface area contributed by atoms with Crippen molar-refractivity contribution in [3.05, 3.63) is 30.0 Å². The van der Waals surface area contributed by atoms with Crippen molar-refractivity contribution < 1.29 is 19.1 Å². The third-order valence-corrected chi connectivity index (χ3v) is 3.05. The Kier molecular flexibility index (Phi) is 2.70. The van der Waals surface area contributed by atoms with Crippen molar-refractivity contribution in [2.75, 3.05) is 0 Å².